The van der Waals surface area contributed by atoms with Crippen LogP contribution in [0.15, 0.2) is 30.3 Å². The summed E-state index contributed by atoms with van der Waals surface area (Å²) in [6.07, 6.45) is 0.985. The number of carbonyl (C=O) groups is 1. The lowest BCUT2D eigenvalue weighted by molar-refractivity contribution is 0.161. The van der Waals surface area contributed by atoms with Crippen LogP contribution in [0.25, 0.3) is 0 Å². The third-order valence-corrected chi connectivity index (χ3v) is 2.95. The Labute approximate surface area is 102 Å². The molecule has 1 aliphatic rings. The van der Waals surface area contributed by atoms with E-state index >= 15 is 0 Å². The summed E-state index contributed by atoms with van der Waals surface area (Å²) < 4.78 is 0. The van der Waals surface area contributed by atoms with Crippen molar-refractivity contribution in [2.45, 2.75) is 19.4 Å². The largest absolute Gasteiger partial charge is 0.322 e. The minimum Gasteiger partial charge on any atom is -0.319 e. The molecule has 17 heavy (non-hydrogen) atoms. The number of para-hydroxylation sites is 1. The Kier molecular flexibility index (Phi) is 3.98. The zero-order chi connectivity index (χ0) is 12.1. The van der Waals surface area contributed by atoms with E-state index in [0.29, 0.717) is 6.04 Å². The minimum atomic E-state index is 0.00421. The maximum Gasteiger partial charge on any atom is 0.322 e. The summed E-state index contributed by atoms with van der Waals surface area (Å²) in [7, 11) is 0. The predicted molar refractivity (Wildman–Crippen MR) is 69.1 cm³/mol. The lowest BCUT2D eigenvalue weighted by Crippen LogP contribution is -2.59. The predicted octanol–water partition coefficient (Wildman–Crippen LogP) is 1.90. The molecule has 1 aromatic rings. The van der Waals surface area contributed by atoms with Crippen LogP contribution in [0.3, 0.4) is 0 Å². The summed E-state index contributed by atoms with van der Waals surface area (Å²) in [5, 5.41) is 6.13. The first-order valence-corrected chi connectivity index (χ1v) is 6.14. The molecule has 0 unspecified atom stereocenters. The summed E-state index contributed by atoms with van der Waals surface area (Å²) in [6.45, 7) is 4.71. The van der Waals surface area contributed by atoms with Crippen molar-refractivity contribution in [3.8, 4) is 0 Å². The fraction of sp³-hybridized carbons (Fsp3) is 0.462. The molecule has 2 amide bonds. The third kappa shape index (κ3) is 2.97. The van der Waals surface area contributed by atoms with E-state index in [1.807, 2.05) is 35.2 Å². The van der Waals surface area contributed by atoms with Crippen LogP contribution < -0.4 is 10.6 Å². The van der Waals surface area contributed by atoms with E-state index in [4.69, 9.17) is 0 Å². The van der Waals surface area contributed by atoms with Crippen LogP contribution in [0, 0.1) is 0 Å². The molecule has 1 saturated heterocycles. The van der Waals surface area contributed by atoms with Crippen LogP contribution in [0.4, 0.5) is 10.5 Å². The molecule has 1 aliphatic heterocycles. The van der Waals surface area contributed by atoms with Gasteiger partial charge in [-0.25, -0.2) is 4.79 Å². The van der Waals surface area contributed by atoms with Crippen molar-refractivity contribution in [2.75, 3.05) is 25.0 Å². The second-order valence-corrected chi connectivity index (χ2v) is 4.30. The summed E-state index contributed by atoms with van der Waals surface area (Å²) >= 11 is 0. The van der Waals surface area contributed by atoms with Crippen LogP contribution in [-0.4, -0.2) is 36.6 Å². The molecule has 2 rings (SSSR count). The van der Waals surface area contributed by atoms with E-state index in [2.05, 4.69) is 17.6 Å². The quantitative estimate of drug-likeness (QED) is 0.834. The monoisotopic (exact) mass is 233 g/mol. The lowest BCUT2D eigenvalue weighted by atomic mass is 10.1. The molecule has 0 atom stereocenters. The number of rotatable bonds is 4. The van der Waals surface area contributed by atoms with Crippen LogP contribution >= 0.6 is 0 Å². The topological polar surface area (TPSA) is 44.4 Å². The summed E-state index contributed by atoms with van der Waals surface area (Å²) in [4.78, 5) is 14.0. The number of anilines is 1. The molecule has 0 bridgehead atoms. The zero-order valence-electron chi connectivity index (χ0n) is 10.1. The van der Waals surface area contributed by atoms with Crippen molar-refractivity contribution in [2.24, 2.45) is 0 Å². The van der Waals surface area contributed by atoms with Crippen LogP contribution in [-0.2, 0) is 0 Å². The molecule has 0 aliphatic carbocycles. The molecule has 4 heteroatoms. The Morgan fingerprint density at radius 2 is 2.12 bits per heavy atom. The van der Waals surface area contributed by atoms with Crippen molar-refractivity contribution in [3.05, 3.63) is 30.3 Å². The Hall–Kier alpha value is -1.55. The van der Waals surface area contributed by atoms with Crippen molar-refractivity contribution < 1.29 is 4.79 Å². The van der Waals surface area contributed by atoms with E-state index < -0.39 is 0 Å². The van der Waals surface area contributed by atoms with Gasteiger partial charge in [-0.3, -0.25) is 0 Å². The number of amides is 2. The molecular formula is C13H19N3O. The van der Waals surface area contributed by atoms with Crippen molar-refractivity contribution >= 4 is 11.7 Å². The van der Waals surface area contributed by atoms with Crippen LogP contribution in [0.1, 0.15) is 13.3 Å². The number of benzene rings is 1. The van der Waals surface area contributed by atoms with Gasteiger partial charge in [-0.1, -0.05) is 25.1 Å². The normalized spacial score (nSPS) is 15.1. The fourth-order valence-electron chi connectivity index (χ4n) is 1.90. The van der Waals surface area contributed by atoms with Gasteiger partial charge in [0.2, 0.25) is 0 Å². The molecule has 0 radical (unpaired) electrons. The van der Waals surface area contributed by atoms with Crippen molar-refractivity contribution in [3.63, 3.8) is 0 Å². The van der Waals surface area contributed by atoms with E-state index in [1.54, 1.807) is 0 Å². The van der Waals surface area contributed by atoms with Gasteiger partial charge in [-0.2, -0.15) is 0 Å². The molecule has 0 saturated carbocycles. The number of nitrogens with one attached hydrogen (secondary N) is 2. The molecule has 2 N–H and O–H groups in total. The standard InChI is InChI=1S/C13H19N3O/c1-2-8-16(12-9-14-10-12)13(17)15-11-6-4-3-5-7-11/h3-7,12,14H,2,8-10H2,1H3,(H,15,17). The number of urea groups is 1. The highest BCUT2D eigenvalue weighted by molar-refractivity contribution is 5.89. The highest BCUT2D eigenvalue weighted by Gasteiger charge is 2.27. The summed E-state index contributed by atoms with van der Waals surface area (Å²) in [5.74, 6) is 0. The Bertz CT molecular complexity index is 362. The van der Waals surface area contributed by atoms with Crippen LogP contribution in [0.5, 0.6) is 0 Å². The van der Waals surface area contributed by atoms with Gasteiger partial charge in [-0.05, 0) is 18.6 Å². The van der Waals surface area contributed by atoms with Gasteiger partial charge in [0.05, 0.1) is 6.04 Å². The maximum absolute atomic E-state index is 12.1. The Balaban J connectivity index is 1.96. The second-order valence-electron chi connectivity index (χ2n) is 4.30. The minimum absolute atomic E-state index is 0.00421. The number of hydrogen-bond acceptors (Lipinski definition) is 2. The molecule has 1 aromatic carbocycles. The third-order valence-electron chi connectivity index (χ3n) is 2.95. The molecule has 92 valence electrons. The average molecular weight is 233 g/mol. The van der Waals surface area contributed by atoms with E-state index in [1.165, 1.54) is 0 Å². The lowest BCUT2D eigenvalue weighted by Gasteiger charge is -2.38. The van der Waals surface area contributed by atoms with Gasteiger partial charge >= 0.3 is 6.03 Å². The number of nitrogens with zero attached hydrogens (tertiary/aromatic N) is 1. The van der Waals surface area contributed by atoms with Gasteiger partial charge in [0.25, 0.3) is 0 Å². The van der Waals surface area contributed by atoms with Crippen molar-refractivity contribution in [1.29, 1.82) is 0 Å². The Morgan fingerprint density at radius 3 is 2.65 bits per heavy atom. The van der Waals surface area contributed by atoms with E-state index in [0.717, 1.165) is 31.7 Å². The first kappa shape index (κ1) is 11.9. The maximum atomic E-state index is 12.1. The van der Waals surface area contributed by atoms with Crippen LogP contribution in [0.2, 0.25) is 0 Å². The van der Waals surface area contributed by atoms with Gasteiger partial charge in [0, 0.05) is 25.3 Å². The SMILES string of the molecule is CCCN(C(=O)Nc1ccccc1)C1CNC1. The van der Waals surface area contributed by atoms with E-state index in [9.17, 15) is 4.79 Å². The number of hydrogen-bond donors (Lipinski definition) is 2. The molecule has 0 aromatic heterocycles. The molecular weight excluding hydrogens is 214 g/mol. The van der Waals surface area contributed by atoms with Gasteiger partial charge < -0.3 is 15.5 Å². The molecule has 4 nitrogen and oxygen atoms in total. The Morgan fingerprint density at radius 1 is 1.41 bits per heavy atom. The summed E-state index contributed by atoms with van der Waals surface area (Å²) in [6, 6.07) is 9.94. The number of carbonyl (C=O) groups excluding carboxylic acids is 1. The van der Waals surface area contributed by atoms with Gasteiger partial charge in [0.15, 0.2) is 0 Å². The zero-order valence-corrected chi connectivity index (χ0v) is 10.1. The highest BCUT2D eigenvalue weighted by Crippen LogP contribution is 2.11. The first-order chi connectivity index (χ1) is 8.31. The molecule has 1 fully saturated rings. The van der Waals surface area contributed by atoms with Gasteiger partial charge in [-0.15, -0.1) is 0 Å². The first-order valence-electron chi connectivity index (χ1n) is 6.14. The average Bonchev–Trinajstić information content (AvgIpc) is 2.27. The molecule has 0 spiro atoms. The second kappa shape index (κ2) is 5.68. The highest BCUT2D eigenvalue weighted by atomic mass is 16.2. The van der Waals surface area contributed by atoms with E-state index in [-0.39, 0.29) is 6.03 Å². The van der Waals surface area contributed by atoms with Gasteiger partial charge in [0.1, 0.15) is 0 Å². The fourth-order valence-corrected chi connectivity index (χ4v) is 1.90. The van der Waals surface area contributed by atoms with Crippen molar-refractivity contribution in [1.82, 2.24) is 10.2 Å². The smallest absolute Gasteiger partial charge is 0.319 e. The summed E-state index contributed by atoms with van der Waals surface area (Å²) in [5.41, 5.74) is 0.853. The molecule has 1 heterocycles.